The molecule has 0 saturated heterocycles. The van der Waals surface area contributed by atoms with Crippen LogP contribution >= 0.6 is 0 Å². The third-order valence-electron chi connectivity index (χ3n) is 3.30. The zero-order valence-electron chi connectivity index (χ0n) is 9.88. The number of hydrogen-bond acceptors (Lipinski definition) is 7. The highest BCUT2D eigenvalue weighted by molar-refractivity contribution is 5.84. The minimum atomic E-state index is -1.11. The third kappa shape index (κ3) is 1.69. The number of hydrogen-bond donors (Lipinski definition) is 4. The van der Waals surface area contributed by atoms with Crippen molar-refractivity contribution in [3.05, 3.63) is 18.7 Å². The van der Waals surface area contributed by atoms with Crippen LogP contribution in [0.5, 0.6) is 0 Å². The first-order valence-electron chi connectivity index (χ1n) is 5.76. The zero-order chi connectivity index (χ0) is 13.6. The van der Waals surface area contributed by atoms with Crippen molar-refractivity contribution in [2.24, 2.45) is 5.92 Å². The fourth-order valence-corrected chi connectivity index (χ4v) is 2.25. The van der Waals surface area contributed by atoms with Crippen molar-refractivity contribution in [1.29, 1.82) is 0 Å². The van der Waals surface area contributed by atoms with Crippen molar-refractivity contribution in [1.82, 2.24) is 19.5 Å². The standard InChI is InChI=1S/C11H13N5O3/c12-10-7-11(14-3-13-10)16(4-15-7)6-1-5(2-17)8(18)9(6)19/h1,3-5,8-9,17-19H,2H2,(H2,12,13,14)/t5?,8-,9+/m0/s1. The van der Waals surface area contributed by atoms with Crippen LogP contribution < -0.4 is 5.73 Å². The number of nitrogens with two attached hydrogens (primary N) is 1. The van der Waals surface area contributed by atoms with Gasteiger partial charge in [-0.05, 0) is 0 Å². The van der Waals surface area contributed by atoms with E-state index >= 15 is 0 Å². The molecule has 2 aromatic heterocycles. The predicted molar refractivity (Wildman–Crippen MR) is 66.6 cm³/mol. The Hall–Kier alpha value is -2.03. The normalized spacial score (nSPS) is 26.9. The Morgan fingerprint density at radius 2 is 2.05 bits per heavy atom. The van der Waals surface area contributed by atoms with Crippen molar-refractivity contribution in [2.45, 2.75) is 12.2 Å². The lowest BCUT2D eigenvalue weighted by atomic mass is 10.1. The van der Waals surface area contributed by atoms with Crippen molar-refractivity contribution < 1.29 is 15.3 Å². The smallest absolute Gasteiger partial charge is 0.169 e. The van der Waals surface area contributed by atoms with Gasteiger partial charge in [-0.1, -0.05) is 6.08 Å². The number of aliphatic hydroxyl groups is 3. The van der Waals surface area contributed by atoms with Gasteiger partial charge in [0.2, 0.25) is 0 Å². The second-order valence-electron chi connectivity index (χ2n) is 4.42. The van der Waals surface area contributed by atoms with Crippen molar-refractivity contribution in [3.8, 4) is 0 Å². The van der Waals surface area contributed by atoms with E-state index in [1.807, 2.05) is 0 Å². The Morgan fingerprint density at radius 1 is 1.26 bits per heavy atom. The number of nitrogens with zero attached hydrogens (tertiary/aromatic N) is 4. The summed E-state index contributed by atoms with van der Waals surface area (Å²) in [5.74, 6) is -0.266. The van der Waals surface area contributed by atoms with E-state index in [2.05, 4.69) is 15.0 Å². The van der Waals surface area contributed by atoms with Crippen LogP contribution in [0.3, 0.4) is 0 Å². The summed E-state index contributed by atoms with van der Waals surface area (Å²) in [6.45, 7) is -0.245. The number of anilines is 1. The van der Waals surface area contributed by atoms with Gasteiger partial charge in [-0.15, -0.1) is 0 Å². The van der Waals surface area contributed by atoms with E-state index in [9.17, 15) is 10.2 Å². The maximum atomic E-state index is 10.0. The molecule has 1 unspecified atom stereocenters. The van der Waals surface area contributed by atoms with E-state index in [-0.39, 0.29) is 12.4 Å². The fourth-order valence-electron chi connectivity index (χ4n) is 2.25. The van der Waals surface area contributed by atoms with Crippen LogP contribution in [0.15, 0.2) is 18.7 Å². The summed E-state index contributed by atoms with van der Waals surface area (Å²) in [5, 5.41) is 28.9. The first kappa shape index (κ1) is 12.0. The first-order valence-corrected chi connectivity index (χ1v) is 5.76. The number of rotatable bonds is 2. The van der Waals surface area contributed by atoms with E-state index in [1.165, 1.54) is 17.2 Å². The van der Waals surface area contributed by atoms with Crippen LogP contribution in [0.25, 0.3) is 16.9 Å². The van der Waals surface area contributed by atoms with Gasteiger partial charge in [0.1, 0.15) is 18.8 Å². The molecule has 0 bridgehead atoms. The summed E-state index contributed by atoms with van der Waals surface area (Å²) in [5.41, 5.74) is 6.98. The molecule has 0 amide bonds. The molecule has 3 rings (SSSR count). The third-order valence-corrected chi connectivity index (χ3v) is 3.30. The molecule has 0 aromatic carbocycles. The second-order valence-corrected chi connectivity index (χ2v) is 4.42. The van der Waals surface area contributed by atoms with Crippen LogP contribution in [0.1, 0.15) is 0 Å². The molecule has 1 aliphatic carbocycles. The van der Waals surface area contributed by atoms with Gasteiger partial charge in [-0.2, -0.15) is 0 Å². The Morgan fingerprint density at radius 3 is 2.74 bits per heavy atom. The molecular formula is C11H13N5O3. The van der Waals surface area contributed by atoms with Crippen LogP contribution in [0.4, 0.5) is 5.82 Å². The topological polar surface area (TPSA) is 130 Å². The maximum absolute atomic E-state index is 10.0. The number of aliphatic hydroxyl groups excluding tert-OH is 3. The average molecular weight is 263 g/mol. The van der Waals surface area contributed by atoms with Crippen molar-refractivity contribution in [2.75, 3.05) is 12.3 Å². The van der Waals surface area contributed by atoms with Gasteiger partial charge >= 0.3 is 0 Å². The van der Waals surface area contributed by atoms with Crippen molar-refractivity contribution >= 4 is 22.7 Å². The highest BCUT2D eigenvalue weighted by atomic mass is 16.3. The zero-order valence-corrected chi connectivity index (χ0v) is 9.88. The van der Waals surface area contributed by atoms with E-state index in [0.717, 1.165) is 0 Å². The van der Waals surface area contributed by atoms with Crippen LogP contribution in [0, 0.1) is 5.92 Å². The SMILES string of the molecule is Nc1ncnc2c1ncn2C1=CC(CO)[C@H](O)[C@@H]1O. The predicted octanol–water partition coefficient (Wildman–Crippen LogP) is -1.41. The van der Waals surface area contributed by atoms with E-state index in [0.29, 0.717) is 16.9 Å². The molecule has 0 aliphatic heterocycles. The molecular weight excluding hydrogens is 250 g/mol. The molecule has 0 saturated carbocycles. The van der Waals surface area contributed by atoms with Gasteiger partial charge in [-0.3, -0.25) is 4.57 Å². The summed E-state index contributed by atoms with van der Waals surface area (Å²) in [6.07, 6.45) is 2.21. The Bertz CT molecular complexity index is 653. The maximum Gasteiger partial charge on any atom is 0.169 e. The summed E-state index contributed by atoms with van der Waals surface area (Å²) in [6, 6.07) is 0. The highest BCUT2D eigenvalue weighted by Crippen LogP contribution is 2.30. The largest absolute Gasteiger partial charge is 0.396 e. The number of aromatic nitrogens is 4. The van der Waals surface area contributed by atoms with E-state index in [4.69, 9.17) is 10.8 Å². The summed E-state index contributed by atoms with van der Waals surface area (Å²) < 4.78 is 1.54. The lowest BCUT2D eigenvalue weighted by Gasteiger charge is -2.16. The second kappa shape index (κ2) is 4.26. The number of nitrogen functional groups attached to an aromatic ring is 1. The van der Waals surface area contributed by atoms with E-state index in [1.54, 1.807) is 6.08 Å². The van der Waals surface area contributed by atoms with E-state index < -0.39 is 18.1 Å². The summed E-state index contributed by atoms with van der Waals surface area (Å²) in [4.78, 5) is 12.0. The average Bonchev–Trinajstić information content (AvgIpc) is 2.94. The minimum absolute atomic E-state index is 0.245. The quantitative estimate of drug-likeness (QED) is 0.523. The lowest BCUT2D eigenvalue weighted by molar-refractivity contribution is 0.0199. The molecule has 8 nitrogen and oxygen atoms in total. The first-order chi connectivity index (χ1) is 9.13. The molecule has 5 N–H and O–H groups in total. The fraction of sp³-hybridized carbons (Fsp3) is 0.364. The Balaban J connectivity index is 2.13. The number of fused-ring (bicyclic) bond motifs is 1. The minimum Gasteiger partial charge on any atom is -0.396 e. The van der Waals surface area contributed by atoms with Gasteiger partial charge < -0.3 is 21.1 Å². The monoisotopic (exact) mass is 263 g/mol. The van der Waals surface area contributed by atoms with Crippen molar-refractivity contribution in [3.63, 3.8) is 0 Å². The van der Waals surface area contributed by atoms with Gasteiger partial charge in [0.05, 0.1) is 18.4 Å². The molecule has 3 atom stereocenters. The molecule has 0 radical (unpaired) electrons. The molecule has 0 fully saturated rings. The molecule has 0 spiro atoms. The van der Waals surface area contributed by atoms with Gasteiger partial charge in [0.25, 0.3) is 0 Å². The molecule has 8 heteroatoms. The van der Waals surface area contributed by atoms with Gasteiger partial charge in [0.15, 0.2) is 17.0 Å². The molecule has 2 aromatic rings. The lowest BCUT2D eigenvalue weighted by Crippen LogP contribution is -2.30. The summed E-state index contributed by atoms with van der Waals surface area (Å²) in [7, 11) is 0. The molecule has 19 heavy (non-hydrogen) atoms. The molecule has 2 heterocycles. The molecule has 100 valence electrons. The van der Waals surface area contributed by atoms with Gasteiger partial charge in [-0.25, -0.2) is 15.0 Å². The Labute approximate surface area is 107 Å². The Kier molecular flexibility index (Phi) is 2.70. The molecule has 1 aliphatic rings. The number of imidazole rings is 1. The van der Waals surface area contributed by atoms with Crippen LogP contribution in [0.2, 0.25) is 0 Å². The summed E-state index contributed by atoms with van der Waals surface area (Å²) >= 11 is 0. The van der Waals surface area contributed by atoms with Gasteiger partial charge in [0, 0.05) is 5.92 Å². The van der Waals surface area contributed by atoms with Crippen LogP contribution in [-0.2, 0) is 0 Å². The highest BCUT2D eigenvalue weighted by Gasteiger charge is 2.35. The van der Waals surface area contributed by atoms with Crippen LogP contribution in [-0.4, -0.2) is 53.7 Å².